The molecule has 0 fully saturated rings. The number of aryl methyl sites for hydroxylation is 1. The van der Waals surface area contributed by atoms with E-state index in [4.69, 9.17) is 0 Å². The van der Waals surface area contributed by atoms with E-state index < -0.39 is 0 Å². The fourth-order valence-electron chi connectivity index (χ4n) is 3.21. The summed E-state index contributed by atoms with van der Waals surface area (Å²) in [6, 6.07) is 17.0. The molecular formula is C21H19N3O2. The van der Waals surface area contributed by atoms with E-state index >= 15 is 0 Å². The average Bonchev–Trinajstić information content (AvgIpc) is 2.68. The quantitative estimate of drug-likeness (QED) is 0.776. The first-order valence-corrected chi connectivity index (χ1v) is 8.65. The van der Waals surface area contributed by atoms with Crippen LogP contribution in [0.4, 0.5) is 0 Å². The van der Waals surface area contributed by atoms with Crippen LogP contribution in [0.5, 0.6) is 0 Å². The highest BCUT2D eigenvalue weighted by atomic mass is 16.2. The van der Waals surface area contributed by atoms with Crippen molar-refractivity contribution in [2.45, 2.75) is 19.9 Å². The Hall–Kier alpha value is -3.21. The molecule has 0 saturated carbocycles. The minimum absolute atomic E-state index is 0.0572. The predicted molar refractivity (Wildman–Crippen MR) is 99.9 cm³/mol. The average molecular weight is 345 g/mol. The van der Waals surface area contributed by atoms with Gasteiger partial charge in [-0.05, 0) is 19.1 Å². The Morgan fingerprint density at radius 3 is 2.54 bits per heavy atom. The molecule has 0 atom stereocenters. The maximum Gasteiger partial charge on any atom is 0.256 e. The summed E-state index contributed by atoms with van der Waals surface area (Å²) in [5.74, 6) is 0.523. The maximum atomic E-state index is 12.6. The highest BCUT2D eigenvalue weighted by Gasteiger charge is 2.25. The minimum atomic E-state index is -0.170. The number of benzene rings is 2. The number of aromatic nitrogens is 2. The fraction of sp³-hybridized carbons (Fsp3) is 0.190. The van der Waals surface area contributed by atoms with Crippen LogP contribution in [0.25, 0.3) is 11.4 Å². The van der Waals surface area contributed by atoms with Gasteiger partial charge in [-0.25, -0.2) is 4.98 Å². The van der Waals surface area contributed by atoms with Crippen molar-refractivity contribution in [3.05, 3.63) is 87.3 Å². The largest absolute Gasteiger partial charge is 0.334 e. The standard InChI is InChI=1S/C21H19N3O2/c1-14-7-9-15(10-8-14)19-22-18-11-12-24(13-17(18)20(25)23-19)21(26)16-5-3-2-4-6-16/h2-10H,11-13H2,1H3,(H,22,23,25). The molecule has 3 aromatic rings. The van der Waals surface area contributed by atoms with Crippen LogP contribution in [-0.2, 0) is 13.0 Å². The number of hydrogen-bond donors (Lipinski definition) is 1. The Kier molecular flexibility index (Phi) is 4.13. The van der Waals surface area contributed by atoms with Crippen LogP contribution in [0.3, 0.4) is 0 Å². The molecule has 4 rings (SSSR count). The lowest BCUT2D eigenvalue weighted by atomic mass is 10.0. The zero-order valence-electron chi connectivity index (χ0n) is 14.5. The number of carbonyl (C=O) groups excluding carboxylic acids is 1. The van der Waals surface area contributed by atoms with E-state index in [0.717, 1.165) is 16.8 Å². The van der Waals surface area contributed by atoms with E-state index in [9.17, 15) is 9.59 Å². The molecule has 0 bridgehead atoms. The Morgan fingerprint density at radius 2 is 1.81 bits per heavy atom. The topological polar surface area (TPSA) is 66.1 Å². The molecule has 0 saturated heterocycles. The van der Waals surface area contributed by atoms with Crippen LogP contribution in [0, 0.1) is 6.92 Å². The van der Waals surface area contributed by atoms with Crippen LogP contribution >= 0.6 is 0 Å². The number of carbonyl (C=O) groups is 1. The second-order valence-electron chi connectivity index (χ2n) is 6.55. The summed E-state index contributed by atoms with van der Waals surface area (Å²) in [5.41, 5.74) is 3.87. The predicted octanol–water partition coefficient (Wildman–Crippen LogP) is 2.94. The number of aromatic amines is 1. The molecule has 5 heteroatoms. The van der Waals surface area contributed by atoms with Gasteiger partial charge in [0.25, 0.3) is 11.5 Å². The van der Waals surface area contributed by atoms with Gasteiger partial charge in [0, 0.05) is 24.1 Å². The van der Waals surface area contributed by atoms with Gasteiger partial charge in [0.15, 0.2) is 0 Å². The molecule has 1 N–H and O–H groups in total. The summed E-state index contributed by atoms with van der Waals surface area (Å²) in [6.45, 7) is 2.87. The molecular weight excluding hydrogens is 326 g/mol. The van der Waals surface area contributed by atoms with E-state index in [1.165, 1.54) is 0 Å². The van der Waals surface area contributed by atoms with Gasteiger partial charge in [-0.3, -0.25) is 9.59 Å². The summed E-state index contributed by atoms with van der Waals surface area (Å²) in [5, 5.41) is 0. The molecule has 1 aliphatic rings. The van der Waals surface area contributed by atoms with E-state index in [0.29, 0.717) is 36.5 Å². The maximum absolute atomic E-state index is 12.6. The molecule has 2 heterocycles. The lowest BCUT2D eigenvalue weighted by Crippen LogP contribution is -2.39. The monoisotopic (exact) mass is 345 g/mol. The van der Waals surface area contributed by atoms with Crippen molar-refractivity contribution >= 4 is 5.91 Å². The van der Waals surface area contributed by atoms with Gasteiger partial charge in [0.2, 0.25) is 0 Å². The zero-order valence-corrected chi connectivity index (χ0v) is 14.5. The number of rotatable bonds is 2. The molecule has 0 radical (unpaired) electrons. The molecule has 5 nitrogen and oxygen atoms in total. The molecule has 2 aromatic carbocycles. The third kappa shape index (κ3) is 3.04. The molecule has 1 amide bonds. The van der Waals surface area contributed by atoms with Crippen LogP contribution in [0.1, 0.15) is 27.2 Å². The first-order valence-electron chi connectivity index (χ1n) is 8.65. The Labute approximate surface area is 151 Å². The van der Waals surface area contributed by atoms with Crippen molar-refractivity contribution in [1.82, 2.24) is 14.9 Å². The van der Waals surface area contributed by atoms with Crippen molar-refractivity contribution in [2.24, 2.45) is 0 Å². The number of nitrogens with zero attached hydrogens (tertiary/aromatic N) is 2. The van der Waals surface area contributed by atoms with Crippen molar-refractivity contribution in [3.8, 4) is 11.4 Å². The second kappa shape index (κ2) is 6.59. The summed E-state index contributed by atoms with van der Waals surface area (Å²) < 4.78 is 0. The highest BCUT2D eigenvalue weighted by Crippen LogP contribution is 2.20. The van der Waals surface area contributed by atoms with Gasteiger partial charge in [-0.2, -0.15) is 0 Å². The zero-order chi connectivity index (χ0) is 18.1. The molecule has 0 aliphatic carbocycles. The molecule has 0 unspecified atom stereocenters. The highest BCUT2D eigenvalue weighted by molar-refractivity contribution is 5.94. The summed E-state index contributed by atoms with van der Waals surface area (Å²) >= 11 is 0. The SMILES string of the molecule is Cc1ccc(-c2nc3c(c(=O)[nH]2)CN(C(=O)c2ccccc2)CC3)cc1. The van der Waals surface area contributed by atoms with Crippen LogP contribution in [0.2, 0.25) is 0 Å². The molecule has 1 aromatic heterocycles. The van der Waals surface area contributed by atoms with E-state index in [1.807, 2.05) is 49.4 Å². The first-order chi connectivity index (χ1) is 12.6. The third-order valence-electron chi connectivity index (χ3n) is 4.70. The van der Waals surface area contributed by atoms with Gasteiger partial charge >= 0.3 is 0 Å². The number of fused-ring (bicyclic) bond motifs is 1. The smallest absolute Gasteiger partial charge is 0.256 e. The van der Waals surface area contributed by atoms with E-state index in [-0.39, 0.29) is 11.5 Å². The van der Waals surface area contributed by atoms with Gasteiger partial charge in [-0.1, -0.05) is 48.0 Å². The third-order valence-corrected chi connectivity index (χ3v) is 4.70. The van der Waals surface area contributed by atoms with Gasteiger partial charge in [0.05, 0.1) is 17.8 Å². The van der Waals surface area contributed by atoms with E-state index in [2.05, 4.69) is 9.97 Å². The van der Waals surface area contributed by atoms with Gasteiger partial charge < -0.3 is 9.88 Å². The van der Waals surface area contributed by atoms with Crippen LogP contribution in [0.15, 0.2) is 59.4 Å². The summed E-state index contributed by atoms with van der Waals surface area (Å²) in [6.07, 6.45) is 0.580. The Morgan fingerprint density at radius 1 is 1.08 bits per heavy atom. The van der Waals surface area contributed by atoms with Gasteiger partial charge in [-0.15, -0.1) is 0 Å². The lowest BCUT2D eigenvalue weighted by Gasteiger charge is -2.28. The van der Waals surface area contributed by atoms with Crippen molar-refractivity contribution in [1.29, 1.82) is 0 Å². The number of amides is 1. The summed E-state index contributed by atoms with van der Waals surface area (Å²) in [7, 11) is 0. The molecule has 130 valence electrons. The van der Waals surface area contributed by atoms with E-state index in [1.54, 1.807) is 17.0 Å². The number of nitrogens with one attached hydrogen (secondary N) is 1. The fourth-order valence-corrected chi connectivity index (χ4v) is 3.21. The van der Waals surface area contributed by atoms with Gasteiger partial charge in [0.1, 0.15) is 5.82 Å². The Balaban J connectivity index is 1.63. The second-order valence-corrected chi connectivity index (χ2v) is 6.55. The molecule has 1 aliphatic heterocycles. The van der Waals surface area contributed by atoms with Crippen LogP contribution in [-0.4, -0.2) is 27.3 Å². The molecule has 26 heavy (non-hydrogen) atoms. The van der Waals surface area contributed by atoms with Crippen molar-refractivity contribution in [2.75, 3.05) is 6.54 Å². The normalized spacial score (nSPS) is 13.3. The van der Waals surface area contributed by atoms with Crippen molar-refractivity contribution in [3.63, 3.8) is 0 Å². The molecule has 0 spiro atoms. The van der Waals surface area contributed by atoms with Crippen molar-refractivity contribution < 1.29 is 4.79 Å². The first kappa shape index (κ1) is 16.3. The number of H-pyrrole nitrogens is 1. The minimum Gasteiger partial charge on any atom is -0.334 e. The summed E-state index contributed by atoms with van der Waals surface area (Å²) in [4.78, 5) is 34.5. The number of hydrogen-bond acceptors (Lipinski definition) is 3. The Bertz CT molecular complexity index is 1010. The lowest BCUT2D eigenvalue weighted by molar-refractivity contribution is 0.0732. The van der Waals surface area contributed by atoms with Crippen LogP contribution < -0.4 is 5.56 Å².